The zero-order valence-electron chi connectivity index (χ0n) is 9.74. The van der Waals surface area contributed by atoms with Crippen molar-refractivity contribution in [3.05, 3.63) is 45.8 Å². The molecule has 0 radical (unpaired) electrons. The zero-order valence-corrected chi connectivity index (χ0v) is 11.3. The first kappa shape index (κ1) is 12.6. The highest BCUT2D eigenvalue weighted by Gasteiger charge is 2.12. The Labute approximate surface area is 112 Å². The van der Waals surface area contributed by atoms with Crippen LogP contribution in [0, 0.1) is 6.92 Å². The van der Waals surface area contributed by atoms with Crippen LogP contribution >= 0.6 is 15.9 Å². The molecule has 2 rings (SSSR count). The number of aryl methyl sites for hydroxylation is 1. The van der Waals surface area contributed by atoms with Crippen molar-refractivity contribution in [3.8, 4) is 0 Å². The normalized spacial score (nSPS) is 10.3. The molecule has 1 aromatic heterocycles. The molecule has 0 spiro atoms. The second kappa shape index (κ2) is 5.22. The van der Waals surface area contributed by atoms with Gasteiger partial charge in [0.25, 0.3) is 5.91 Å². The lowest BCUT2D eigenvalue weighted by molar-refractivity contribution is 0.0949. The first-order valence-electron chi connectivity index (χ1n) is 5.32. The predicted octanol–water partition coefficient (Wildman–Crippen LogP) is 2.26. The summed E-state index contributed by atoms with van der Waals surface area (Å²) in [6.07, 6.45) is 0. The molecule has 0 aliphatic rings. The van der Waals surface area contributed by atoms with Crippen LogP contribution in [0.5, 0.6) is 0 Å². The minimum absolute atomic E-state index is 0.213. The predicted molar refractivity (Wildman–Crippen MR) is 71.0 cm³/mol. The molecule has 0 aliphatic heterocycles. The van der Waals surface area contributed by atoms with E-state index < -0.39 is 0 Å². The van der Waals surface area contributed by atoms with E-state index >= 15 is 0 Å². The zero-order chi connectivity index (χ0) is 13.1. The first-order valence-corrected chi connectivity index (χ1v) is 6.11. The number of nitrogens with one attached hydrogen (secondary N) is 1. The van der Waals surface area contributed by atoms with E-state index in [2.05, 4.69) is 26.4 Å². The van der Waals surface area contributed by atoms with E-state index in [1.807, 2.05) is 0 Å². The summed E-state index contributed by atoms with van der Waals surface area (Å²) in [4.78, 5) is 11.9. The number of hydrogen-bond donors (Lipinski definition) is 2. The van der Waals surface area contributed by atoms with Crippen LogP contribution in [0.1, 0.15) is 21.8 Å². The SMILES string of the molecule is Cc1cc(CNC(=O)c2cccc(N)c2Br)no1. The lowest BCUT2D eigenvalue weighted by Crippen LogP contribution is -2.23. The standard InChI is InChI=1S/C12H12BrN3O2/c1-7-5-8(16-18-7)6-15-12(17)9-3-2-4-10(14)11(9)13/h2-5H,6,14H2,1H3,(H,15,17). The van der Waals surface area contributed by atoms with Gasteiger partial charge >= 0.3 is 0 Å². The molecule has 0 saturated carbocycles. The molecule has 1 amide bonds. The maximum absolute atomic E-state index is 11.9. The Morgan fingerprint density at radius 3 is 3.00 bits per heavy atom. The van der Waals surface area contributed by atoms with E-state index in [9.17, 15) is 4.79 Å². The van der Waals surface area contributed by atoms with Crippen LogP contribution < -0.4 is 11.1 Å². The summed E-state index contributed by atoms with van der Waals surface area (Å²) in [6, 6.07) is 6.93. The third-order valence-corrected chi connectivity index (χ3v) is 3.27. The topological polar surface area (TPSA) is 81.2 Å². The molecule has 0 unspecified atom stereocenters. The fourth-order valence-corrected chi connectivity index (χ4v) is 1.94. The molecule has 0 atom stereocenters. The van der Waals surface area contributed by atoms with E-state index in [0.29, 0.717) is 33.7 Å². The van der Waals surface area contributed by atoms with Gasteiger partial charge in [-0.25, -0.2) is 0 Å². The van der Waals surface area contributed by atoms with Crippen molar-refractivity contribution >= 4 is 27.5 Å². The number of nitrogens with two attached hydrogens (primary N) is 1. The quantitative estimate of drug-likeness (QED) is 0.852. The number of nitrogens with zero attached hydrogens (tertiary/aromatic N) is 1. The van der Waals surface area contributed by atoms with Gasteiger partial charge in [-0.2, -0.15) is 0 Å². The van der Waals surface area contributed by atoms with Gasteiger partial charge in [-0.05, 0) is 35.0 Å². The van der Waals surface area contributed by atoms with Gasteiger partial charge < -0.3 is 15.6 Å². The molecule has 0 fully saturated rings. The van der Waals surface area contributed by atoms with Crippen LogP contribution in [-0.2, 0) is 6.54 Å². The van der Waals surface area contributed by atoms with Gasteiger partial charge in [0.15, 0.2) is 0 Å². The van der Waals surface area contributed by atoms with E-state index in [1.54, 1.807) is 31.2 Å². The fourth-order valence-electron chi connectivity index (χ4n) is 1.49. The number of hydrogen-bond acceptors (Lipinski definition) is 4. The molecule has 3 N–H and O–H groups in total. The van der Waals surface area contributed by atoms with Gasteiger partial charge in [0.05, 0.1) is 16.6 Å². The Bertz CT molecular complexity index is 580. The summed E-state index contributed by atoms with van der Waals surface area (Å²) in [6.45, 7) is 2.12. The molecule has 94 valence electrons. The Hall–Kier alpha value is -1.82. The van der Waals surface area contributed by atoms with E-state index in [4.69, 9.17) is 10.3 Å². The van der Waals surface area contributed by atoms with Crippen molar-refractivity contribution < 1.29 is 9.32 Å². The van der Waals surface area contributed by atoms with Crippen molar-refractivity contribution in [2.75, 3.05) is 5.73 Å². The molecule has 6 heteroatoms. The number of halogens is 1. The summed E-state index contributed by atoms with van der Waals surface area (Å²) in [5, 5.41) is 6.54. The van der Waals surface area contributed by atoms with Crippen molar-refractivity contribution in [2.45, 2.75) is 13.5 Å². The van der Waals surface area contributed by atoms with Crippen molar-refractivity contribution in [3.63, 3.8) is 0 Å². The molecule has 0 bridgehead atoms. The lowest BCUT2D eigenvalue weighted by Gasteiger charge is -2.06. The van der Waals surface area contributed by atoms with E-state index in [0.717, 1.165) is 0 Å². The molecule has 5 nitrogen and oxygen atoms in total. The van der Waals surface area contributed by atoms with Crippen LogP contribution in [0.2, 0.25) is 0 Å². The van der Waals surface area contributed by atoms with Gasteiger partial charge in [-0.1, -0.05) is 11.2 Å². The van der Waals surface area contributed by atoms with Gasteiger partial charge in [-0.15, -0.1) is 0 Å². The Morgan fingerprint density at radius 2 is 2.33 bits per heavy atom. The number of carbonyl (C=O) groups is 1. The molecule has 0 aliphatic carbocycles. The molecule has 1 aromatic carbocycles. The van der Waals surface area contributed by atoms with E-state index in [1.165, 1.54) is 0 Å². The average Bonchev–Trinajstić information content (AvgIpc) is 2.76. The Balaban J connectivity index is 2.06. The van der Waals surface area contributed by atoms with Crippen LogP contribution in [0.25, 0.3) is 0 Å². The molecule has 0 saturated heterocycles. The smallest absolute Gasteiger partial charge is 0.252 e. The third-order valence-electron chi connectivity index (χ3n) is 2.38. The summed E-state index contributed by atoms with van der Waals surface area (Å²) < 4.78 is 5.51. The number of carbonyl (C=O) groups excluding carboxylic acids is 1. The minimum Gasteiger partial charge on any atom is -0.398 e. The van der Waals surface area contributed by atoms with Crippen LogP contribution in [0.15, 0.2) is 33.3 Å². The summed E-state index contributed by atoms with van der Waals surface area (Å²) >= 11 is 3.29. The van der Waals surface area contributed by atoms with Crippen LogP contribution in [0.4, 0.5) is 5.69 Å². The van der Waals surface area contributed by atoms with Gasteiger partial charge in [0.2, 0.25) is 0 Å². The molecule has 1 heterocycles. The Kier molecular flexibility index (Phi) is 3.66. The first-order chi connectivity index (χ1) is 8.58. The van der Waals surface area contributed by atoms with Crippen LogP contribution in [0.3, 0.4) is 0 Å². The Morgan fingerprint density at radius 1 is 1.56 bits per heavy atom. The number of benzene rings is 1. The number of amides is 1. The summed E-state index contributed by atoms with van der Waals surface area (Å²) in [7, 11) is 0. The highest BCUT2D eigenvalue weighted by atomic mass is 79.9. The monoisotopic (exact) mass is 309 g/mol. The number of rotatable bonds is 3. The van der Waals surface area contributed by atoms with Gasteiger partial charge in [0.1, 0.15) is 11.5 Å². The number of nitrogen functional groups attached to an aromatic ring is 1. The fraction of sp³-hybridized carbons (Fsp3) is 0.167. The van der Waals surface area contributed by atoms with Crippen molar-refractivity contribution in [1.29, 1.82) is 0 Å². The lowest BCUT2D eigenvalue weighted by atomic mass is 10.2. The minimum atomic E-state index is -0.213. The number of anilines is 1. The largest absolute Gasteiger partial charge is 0.398 e. The van der Waals surface area contributed by atoms with Gasteiger partial charge in [-0.3, -0.25) is 4.79 Å². The second-order valence-corrected chi connectivity index (χ2v) is 4.61. The molecular weight excluding hydrogens is 298 g/mol. The molecule has 2 aromatic rings. The van der Waals surface area contributed by atoms with Crippen molar-refractivity contribution in [2.24, 2.45) is 0 Å². The average molecular weight is 310 g/mol. The van der Waals surface area contributed by atoms with Crippen molar-refractivity contribution in [1.82, 2.24) is 10.5 Å². The maximum Gasteiger partial charge on any atom is 0.252 e. The second-order valence-electron chi connectivity index (χ2n) is 3.82. The van der Waals surface area contributed by atoms with Gasteiger partial charge in [0, 0.05) is 11.8 Å². The molecular formula is C12H12BrN3O2. The number of aromatic nitrogens is 1. The summed E-state index contributed by atoms with van der Waals surface area (Å²) in [5.41, 5.74) is 7.42. The maximum atomic E-state index is 11.9. The van der Waals surface area contributed by atoms with Crippen LogP contribution in [-0.4, -0.2) is 11.1 Å². The third kappa shape index (κ3) is 2.70. The highest BCUT2D eigenvalue weighted by molar-refractivity contribution is 9.10. The summed E-state index contributed by atoms with van der Waals surface area (Å²) in [5.74, 6) is 0.499. The highest BCUT2D eigenvalue weighted by Crippen LogP contribution is 2.23. The van der Waals surface area contributed by atoms with E-state index in [-0.39, 0.29) is 5.91 Å². The molecule has 18 heavy (non-hydrogen) atoms.